The molecule has 3 amide bonds. The number of primary amides is 1. The van der Waals surface area contributed by atoms with Gasteiger partial charge in [-0.1, -0.05) is 60.2 Å². The summed E-state index contributed by atoms with van der Waals surface area (Å²) in [5.41, 5.74) is 10.5. The van der Waals surface area contributed by atoms with Crippen molar-refractivity contribution in [3.05, 3.63) is 101 Å². The minimum atomic E-state index is -0.667. The highest BCUT2D eigenvalue weighted by Gasteiger charge is 2.22. The predicted molar refractivity (Wildman–Crippen MR) is 137 cm³/mol. The van der Waals surface area contributed by atoms with Gasteiger partial charge in [0.2, 0.25) is 5.91 Å². The number of amides is 3. The van der Waals surface area contributed by atoms with Crippen LogP contribution in [0.5, 0.6) is 5.75 Å². The number of carbonyl (C=O) groups excluding carboxylic acids is 2. The molecule has 0 saturated heterocycles. The smallest absolute Gasteiger partial charge is 0.312 e. The van der Waals surface area contributed by atoms with Gasteiger partial charge < -0.3 is 26.1 Å². The minimum Gasteiger partial charge on any atom is -0.497 e. The molecule has 7 nitrogen and oxygen atoms in total. The van der Waals surface area contributed by atoms with Gasteiger partial charge in [-0.05, 0) is 41.8 Å². The fraction of sp³-hybridized carbons (Fsp3) is 0.214. The number of urea groups is 1. The Labute approximate surface area is 204 Å². The summed E-state index contributed by atoms with van der Waals surface area (Å²) in [6.45, 7) is 2.36. The summed E-state index contributed by atoms with van der Waals surface area (Å²) in [6, 6.07) is 22.5. The Morgan fingerprint density at radius 1 is 1.00 bits per heavy atom. The Kier molecular flexibility index (Phi) is 7.35. The largest absolute Gasteiger partial charge is 0.497 e. The quantitative estimate of drug-likeness (QED) is 0.288. The Bertz CT molecular complexity index is 1310. The highest BCUT2D eigenvalue weighted by molar-refractivity contribution is 5.84. The van der Waals surface area contributed by atoms with Crippen LogP contribution in [0.1, 0.15) is 40.6 Å². The van der Waals surface area contributed by atoms with Crippen molar-refractivity contribution in [3.63, 3.8) is 0 Å². The first-order valence-corrected chi connectivity index (χ1v) is 11.5. The Hall–Kier alpha value is -4.26. The summed E-state index contributed by atoms with van der Waals surface area (Å²) in [6.07, 6.45) is 2.07. The summed E-state index contributed by atoms with van der Waals surface area (Å²) >= 11 is 0. The number of hydrogen-bond donors (Lipinski definition) is 4. The average molecular weight is 471 g/mol. The van der Waals surface area contributed by atoms with Crippen molar-refractivity contribution in [2.24, 2.45) is 5.73 Å². The number of fused-ring (bicyclic) bond motifs is 1. The van der Waals surface area contributed by atoms with Gasteiger partial charge in [0, 0.05) is 29.6 Å². The van der Waals surface area contributed by atoms with Crippen molar-refractivity contribution >= 4 is 22.8 Å². The lowest BCUT2D eigenvalue weighted by Crippen LogP contribution is -2.37. The van der Waals surface area contributed by atoms with Crippen LogP contribution >= 0.6 is 0 Å². The van der Waals surface area contributed by atoms with E-state index in [4.69, 9.17) is 10.5 Å². The number of rotatable bonds is 9. The van der Waals surface area contributed by atoms with Gasteiger partial charge in [0.1, 0.15) is 5.75 Å². The molecule has 0 radical (unpaired) electrons. The van der Waals surface area contributed by atoms with Crippen molar-refractivity contribution in [2.45, 2.75) is 25.3 Å². The number of benzene rings is 3. The van der Waals surface area contributed by atoms with E-state index in [2.05, 4.69) is 21.7 Å². The monoisotopic (exact) mass is 470 g/mol. The SMILES string of the molecule is COc1ccc(C(CNC(=O)CC(NC(N)=O)c2cccc(C)c2)c2c[nH]c3ccccc23)cc1. The van der Waals surface area contributed by atoms with E-state index in [0.29, 0.717) is 6.54 Å². The Balaban J connectivity index is 1.55. The maximum Gasteiger partial charge on any atom is 0.312 e. The van der Waals surface area contributed by atoms with Crippen LogP contribution in [0.3, 0.4) is 0 Å². The first-order valence-electron chi connectivity index (χ1n) is 11.5. The number of nitrogens with two attached hydrogens (primary N) is 1. The van der Waals surface area contributed by atoms with Crippen molar-refractivity contribution in [1.29, 1.82) is 0 Å². The van der Waals surface area contributed by atoms with Crippen LogP contribution in [0.2, 0.25) is 0 Å². The number of carbonyl (C=O) groups is 2. The molecule has 0 bridgehead atoms. The van der Waals surface area contributed by atoms with Crippen LogP contribution in [0, 0.1) is 6.92 Å². The number of H-pyrrole nitrogens is 1. The predicted octanol–water partition coefficient (Wildman–Crippen LogP) is 4.53. The third-order valence-electron chi connectivity index (χ3n) is 6.17. The first-order chi connectivity index (χ1) is 16.9. The molecule has 1 heterocycles. The molecule has 4 rings (SSSR count). The number of para-hydroxylation sites is 1. The number of methoxy groups -OCH3 is 1. The van der Waals surface area contributed by atoms with Crippen LogP contribution in [0.15, 0.2) is 79.0 Å². The third-order valence-corrected chi connectivity index (χ3v) is 6.17. The number of hydrogen-bond acceptors (Lipinski definition) is 3. The number of aromatic amines is 1. The Morgan fingerprint density at radius 2 is 1.77 bits per heavy atom. The van der Waals surface area contributed by atoms with Gasteiger partial charge in [0.05, 0.1) is 19.6 Å². The van der Waals surface area contributed by atoms with E-state index in [1.165, 1.54) is 0 Å². The molecule has 35 heavy (non-hydrogen) atoms. The molecule has 0 aliphatic carbocycles. The van der Waals surface area contributed by atoms with Crippen LogP contribution in [-0.4, -0.2) is 30.6 Å². The molecule has 7 heteroatoms. The average Bonchev–Trinajstić information content (AvgIpc) is 3.28. The van der Waals surface area contributed by atoms with E-state index in [9.17, 15) is 9.59 Å². The molecule has 3 aromatic carbocycles. The molecular formula is C28H30N4O3. The van der Waals surface area contributed by atoms with Gasteiger partial charge in [-0.15, -0.1) is 0 Å². The van der Waals surface area contributed by atoms with Gasteiger partial charge in [-0.25, -0.2) is 4.79 Å². The van der Waals surface area contributed by atoms with E-state index < -0.39 is 12.1 Å². The fourth-order valence-electron chi connectivity index (χ4n) is 4.41. The summed E-state index contributed by atoms with van der Waals surface area (Å²) in [5, 5.41) is 6.88. The minimum absolute atomic E-state index is 0.0790. The zero-order valence-corrected chi connectivity index (χ0v) is 19.9. The number of nitrogens with one attached hydrogen (secondary N) is 3. The second-order valence-electron chi connectivity index (χ2n) is 8.60. The molecule has 2 unspecified atom stereocenters. The fourth-order valence-corrected chi connectivity index (χ4v) is 4.41. The zero-order chi connectivity index (χ0) is 24.8. The summed E-state index contributed by atoms with van der Waals surface area (Å²) in [7, 11) is 1.64. The molecule has 0 saturated carbocycles. The molecule has 0 spiro atoms. The molecule has 5 N–H and O–H groups in total. The Morgan fingerprint density at radius 3 is 2.49 bits per heavy atom. The van der Waals surface area contributed by atoms with E-state index in [1.807, 2.05) is 79.9 Å². The molecule has 4 aromatic rings. The number of aromatic nitrogens is 1. The van der Waals surface area contributed by atoms with Crippen LogP contribution < -0.4 is 21.1 Å². The molecule has 0 fully saturated rings. The van der Waals surface area contributed by atoms with E-state index in [-0.39, 0.29) is 18.2 Å². The van der Waals surface area contributed by atoms with Crippen molar-refractivity contribution < 1.29 is 14.3 Å². The van der Waals surface area contributed by atoms with E-state index >= 15 is 0 Å². The van der Waals surface area contributed by atoms with E-state index in [1.54, 1.807) is 7.11 Å². The topological polar surface area (TPSA) is 109 Å². The lowest BCUT2D eigenvalue weighted by Gasteiger charge is -2.21. The van der Waals surface area contributed by atoms with E-state index in [0.717, 1.165) is 38.9 Å². The highest BCUT2D eigenvalue weighted by Crippen LogP contribution is 2.31. The second kappa shape index (κ2) is 10.8. The maximum atomic E-state index is 13.0. The maximum absolute atomic E-state index is 13.0. The lowest BCUT2D eigenvalue weighted by molar-refractivity contribution is -0.121. The molecule has 1 aromatic heterocycles. The summed E-state index contributed by atoms with van der Waals surface area (Å²) < 4.78 is 5.31. The molecule has 0 aliphatic rings. The normalized spacial score (nSPS) is 12.6. The lowest BCUT2D eigenvalue weighted by atomic mass is 9.90. The standard InChI is InChI=1S/C28H30N4O3/c1-18-6-5-7-20(14-18)26(32-28(29)34)15-27(33)31-16-23(19-10-12-21(35-2)13-11-19)24-17-30-25-9-4-3-8-22(24)25/h3-14,17,23,26,30H,15-16H2,1-2H3,(H,31,33)(H3,29,32,34). The first kappa shape index (κ1) is 23.9. The van der Waals surface area contributed by atoms with Crippen molar-refractivity contribution in [3.8, 4) is 5.75 Å². The highest BCUT2D eigenvalue weighted by atomic mass is 16.5. The van der Waals surface area contributed by atoms with Gasteiger partial charge in [-0.3, -0.25) is 4.79 Å². The van der Waals surface area contributed by atoms with Crippen LogP contribution in [0.25, 0.3) is 10.9 Å². The number of aryl methyl sites for hydroxylation is 1. The van der Waals surface area contributed by atoms with Gasteiger partial charge in [-0.2, -0.15) is 0 Å². The van der Waals surface area contributed by atoms with Gasteiger partial charge in [0.15, 0.2) is 0 Å². The molecule has 2 atom stereocenters. The molecule has 0 aliphatic heterocycles. The molecular weight excluding hydrogens is 440 g/mol. The second-order valence-corrected chi connectivity index (χ2v) is 8.60. The van der Waals surface area contributed by atoms with Crippen molar-refractivity contribution in [2.75, 3.05) is 13.7 Å². The van der Waals surface area contributed by atoms with Crippen LogP contribution in [0.4, 0.5) is 4.79 Å². The van der Waals surface area contributed by atoms with Crippen LogP contribution in [-0.2, 0) is 4.79 Å². The summed E-state index contributed by atoms with van der Waals surface area (Å²) in [4.78, 5) is 28.0. The van der Waals surface area contributed by atoms with Crippen molar-refractivity contribution in [1.82, 2.24) is 15.6 Å². The zero-order valence-electron chi connectivity index (χ0n) is 19.9. The number of ether oxygens (including phenoxy) is 1. The third kappa shape index (κ3) is 5.81. The van der Waals surface area contributed by atoms with Gasteiger partial charge in [0.25, 0.3) is 0 Å². The van der Waals surface area contributed by atoms with Gasteiger partial charge >= 0.3 is 6.03 Å². The summed E-state index contributed by atoms with van der Waals surface area (Å²) in [5.74, 6) is 0.514. The molecule has 180 valence electrons.